The topological polar surface area (TPSA) is 74.7 Å². The SMILES string of the molecule is O=C(O)CN1C(=O)[C@@H]2[C@@H]3C[C@H]([C@H]2C1=O)[C@H](c1ccccc1)C3. The van der Waals surface area contributed by atoms with Gasteiger partial charge >= 0.3 is 5.97 Å². The maximum absolute atomic E-state index is 12.5. The van der Waals surface area contributed by atoms with Crippen molar-refractivity contribution in [2.24, 2.45) is 23.7 Å². The van der Waals surface area contributed by atoms with Crippen molar-refractivity contribution in [2.75, 3.05) is 6.54 Å². The van der Waals surface area contributed by atoms with Crippen LogP contribution in [0.4, 0.5) is 0 Å². The first-order valence-electron chi connectivity index (χ1n) is 7.70. The number of fused-ring (bicyclic) bond motifs is 5. The van der Waals surface area contributed by atoms with E-state index in [1.54, 1.807) is 0 Å². The Balaban J connectivity index is 1.64. The highest BCUT2D eigenvalue weighted by atomic mass is 16.4. The van der Waals surface area contributed by atoms with Crippen LogP contribution in [0.3, 0.4) is 0 Å². The molecule has 2 amide bonds. The molecule has 5 nitrogen and oxygen atoms in total. The Morgan fingerprint density at radius 3 is 2.45 bits per heavy atom. The molecule has 1 heterocycles. The van der Waals surface area contributed by atoms with E-state index < -0.39 is 12.5 Å². The molecule has 0 aromatic heterocycles. The van der Waals surface area contributed by atoms with Gasteiger partial charge in [-0.25, -0.2) is 0 Å². The van der Waals surface area contributed by atoms with Crippen molar-refractivity contribution in [2.45, 2.75) is 18.8 Å². The second-order valence-corrected chi connectivity index (χ2v) is 6.62. The van der Waals surface area contributed by atoms with Gasteiger partial charge in [-0.3, -0.25) is 19.3 Å². The minimum Gasteiger partial charge on any atom is -0.480 e. The molecule has 0 unspecified atom stereocenters. The number of carboxylic acids is 1. The lowest BCUT2D eigenvalue weighted by Gasteiger charge is -2.28. The Kier molecular flexibility index (Phi) is 2.86. The Morgan fingerprint density at radius 2 is 1.77 bits per heavy atom. The first-order valence-corrected chi connectivity index (χ1v) is 7.70. The predicted molar refractivity (Wildman–Crippen MR) is 76.7 cm³/mol. The van der Waals surface area contributed by atoms with E-state index in [0.29, 0.717) is 5.92 Å². The maximum atomic E-state index is 12.5. The molecule has 0 spiro atoms. The van der Waals surface area contributed by atoms with E-state index >= 15 is 0 Å². The fourth-order valence-corrected chi connectivity index (χ4v) is 4.90. The van der Waals surface area contributed by atoms with E-state index in [1.807, 2.05) is 18.2 Å². The summed E-state index contributed by atoms with van der Waals surface area (Å²) in [4.78, 5) is 36.8. The molecule has 2 bridgehead atoms. The van der Waals surface area contributed by atoms with Gasteiger partial charge in [0.15, 0.2) is 0 Å². The van der Waals surface area contributed by atoms with Crippen molar-refractivity contribution in [3.05, 3.63) is 35.9 Å². The van der Waals surface area contributed by atoms with Gasteiger partial charge in [0.05, 0.1) is 11.8 Å². The lowest BCUT2D eigenvalue weighted by atomic mass is 9.73. The zero-order valence-electron chi connectivity index (χ0n) is 12.0. The fraction of sp³-hybridized carbons (Fsp3) is 0.471. The molecule has 5 atom stereocenters. The molecule has 2 aliphatic carbocycles. The molecule has 3 fully saturated rings. The molecule has 4 rings (SSSR count). The number of carbonyl (C=O) groups excluding carboxylic acids is 2. The molecule has 2 saturated carbocycles. The molecule has 1 aromatic rings. The van der Waals surface area contributed by atoms with Gasteiger partial charge in [0.25, 0.3) is 0 Å². The lowest BCUT2D eigenvalue weighted by Crippen LogP contribution is -2.37. The Bertz CT molecular complexity index is 656. The summed E-state index contributed by atoms with van der Waals surface area (Å²) in [6.07, 6.45) is 1.84. The van der Waals surface area contributed by atoms with Crippen LogP contribution < -0.4 is 0 Å². The molecule has 114 valence electrons. The van der Waals surface area contributed by atoms with Crippen LogP contribution in [0.1, 0.15) is 24.3 Å². The maximum Gasteiger partial charge on any atom is 0.323 e. The summed E-state index contributed by atoms with van der Waals surface area (Å²) in [6.45, 7) is -0.500. The largest absolute Gasteiger partial charge is 0.480 e. The number of likely N-dealkylation sites (tertiary alicyclic amines) is 1. The smallest absolute Gasteiger partial charge is 0.323 e. The molecule has 3 aliphatic rings. The molecule has 1 aromatic carbocycles. The standard InChI is InChI=1S/C17H17NO4/c19-13(20)8-18-16(21)14-10-6-11(9-4-2-1-3-5-9)12(7-10)15(14)17(18)22/h1-5,10-12,14-15H,6-8H2,(H,19,20)/t10-,11-,12-,14+,15+/m0/s1. The van der Waals surface area contributed by atoms with E-state index in [1.165, 1.54) is 5.56 Å². The Labute approximate surface area is 127 Å². The van der Waals surface area contributed by atoms with Crippen LogP contribution in [0, 0.1) is 23.7 Å². The van der Waals surface area contributed by atoms with E-state index in [0.717, 1.165) is 17.7 Å². The highest BCUT2D eigenvalue weighted by Crippen LogP contribution is 2.61. The minimum atomic E-state index is -1.13. The van der Waals surface area contributed by atoms with Gasteiger partial charge in [-0.15, -0.1) is 0 Å². The van der Waals surface area contributed by atoms with Gasteiger partial charge in [-0.1, -0.05) is 30.3 Å². The zero-order valence-corrected chi connectivity index (χ0v) is 12.0. The van der Waals surface area contributed by atoms with Gasteiger partial charge in [0.1, 0.15) is 6.54 Å². The Morgan fingerprint density at radius 1 is 1.09 bits per heavy atom. The summed E-state index contributed by atoms with van der Waals surface area (Å²) in [5, 5.41) is 8.90. The number of amides is 2. The zero-order chi connectivity index (χ0) is 15.4. The third-order valence-electron chi connectivity index (χ3n) is 5.63. The van der Waals surface area contributed by atoms with Gasteiger partial charge < -0.3 is 5.11 Å². The van der Waals surface area contributed by atoms with E-state index in [-0.39, 0.29) is 35.5 Å². The first kappa shape index (κ1) is 13.5. The van der Waals surface area contributed by atoms with Crippen molar-refractivity contribution in [1.82, 2.24) is 4.90 Å². The number of hydrogen-bond acceptors (Lipinski definition) is 3. The molecule has 22 heavy (non-hydrogen) atoms. The van der Waals surface area contributed by atoms with Crippen LogP contribution in [-0.2, 0) is 14.4 Å². The Hall–Kier alpha value is -2.17. The summed E-state index contributed by atoms with van der Waals surface area (Å²) < 4.78 is 0. The van der Waals surface area contributed by atoms with Crippen LogP contribution in [0.15, 0.2) is 30.3 Å². The molecular formula is C17H17NO4. The number of carbonyl (C=O) groups is 3. The molecule has 1 aliphatic heterocycles. The summed E-state index contributed by atoms with van der Waals surface area (Å²) >= 11 is 0. The number of aliphatic carboxylic acids is 1. The van der Waals surface area contributed by atoms with Crippen LogP contribution in [-0.4, -0.2) is 34.3 Å². The number of imide groups is 1. The number of rotatable bonds is 3. The first-order chi connectivity index (χ1) is 10.6. The summed E-state index contributed by atoms with van der Waals surface area (Å²) in [7, 11) is 0. The second-order valence-electron chi connectivity index (χ2n) is 6.62. The quantitative estimate of drug-likeness (QED) is 0.858. The summed E-state index contributed by atoms with van der Waals surface area (Å²) in [5.41, 5.74) is 1.23. The van der Waals surface area contributed by atoms with Crippen molar-refractivity contribution in [3.63, 3.8) is 0 Å². The van der Waals surface area contributed by atoms with Crippen molar-refractivity contribution in [1.29, 1.82) is 0 Å². The number of carboxylic acid groups (broad SMARTS) is 1. The molecule has 1 saturated heterocycles. The van der Waals surface area contributed by atoms with Gasteiger partial charge in [-0.2, -0.15) is 0 Å². The van der Waals surface area contributed by atoms with Crippen LogP contribution in [0.5, 0.6) is 0 Å². The van der Waals surface area contributed by atoms with Gasteiger partial charge in [0, 0.05) is 0 Å². The van der Waals surface area contributed by atoms with Crippen LogP contribution in [0.25, 0.3) is 0 Å². The predicted octanol–water partition coefficient (Wildman–Crippen LogP) is 1.50. The molecule has 1 N–H and O–H groups in total. The van der Waals surface area contributed by atoms with Gasteiger partial charge in [-0.05, 0) is 36.2 Å². The fourth-order valence-electron chi connectivity index (χ4n) is 4.90. The third kappa shape index (κ3) is 1.74. The average Bonchev–Trinajstić information content (AvgIpc) is 3.15. The van der Waals surface area contributed by atoms with Crippen LogP contribution in [0.2, 0.25) is 0 Å². The molecular weight excluding hydrogens is 282 g/mol. The number of nitrogens with zero attached hydrogens (tertiary/aromatic N) is 1. The van der Waals surface area contributed by atoms with Crippen molar-refractivity contribution in [3.8, 4) is 0 Å². The van der Waals surface area contributed by atoms with Gasteiger partial charge in [0.2, 0.25) is 11.8 Å². The highest BCUT2D eigenvalue weighted by Gasteiger charge is 2.63. The van der Waals surface area contributed by atoms with E-state index in [2.05, 4.69) is 12.1 Å². The third-order valence-corrected chi connectivity index (χ3v) is 5.63. The molecule has 0 radical (unpaired) electrons. The van der Waals surface area contributed by atoms with Crippen LogP contribution >= 0.6 is 0 Å². The van der Waals surface area contributed by atoms with Crippen molar-refractivity contribution < 1.29 is 19.5 Å². The normalized spacial score (nSPS) is 36.0. The summed E-state index contributed by atoms with van der Waals surface area (Å²) in [6, 6.07) is 10.1. The highest BCUT2D eigenvalue weighted by molar-refractivity contribution is 6.07. The monoisotopic (exact) mass is 299 g/mol. The lowest BCUT2D eigenvalue weighted by molar-refractivity contribution is -0.149. The number of hydrogen-bond donors (Lipinski definition) is 1. The summed E-state index contributed by atoms with van der Waals surface area (Å²) in [5.74, 6) is -1.56. The average molecular weight is 299 g/mol. The van der Waals surface area contributed by atoms with Crippen molar-refractivity contribution >= 4 is 17.8 Å². The second kappa shape index (κ2) is 4.66. The van der Waals surface area contributed by atoms with E-state index in [9.17, 15) is 14.4 Å². The molecule has 5 heteroatoms. The van der Waals surface area contributed by atoms with E-state index in [4.69, 9.17) is 5.11 Å². The minimum absolute atomic E-state index is 0.174. The number of benzene rings is 1.